The van der Waals surface area contributed by atoms with Gasteiger partial charge in [-0.2, -0.15) is 10.2 Å². The molecule has 12 heteroatoms. The summed E-state index contributed by atoms with van der Waals surface area (Å²) in [6.07, 6.45) is 8.90. The molecule has 1 saturated heterocycles. The fourth-order valence-electron chi connectivity index (χ4n) is 5.02. The van der Waals surface area contributed by atoms with E-state index in [4.69, 9.17) is 5.73 Å². The molecule has 5 heterocycles. The average Bonchev–Trinajstić information content (AvgIpc) is 3.63. The van der Waals surface area contributed by atoms with Crippen molar-refractivity contribution in [1.82, 2.24) is 34.6 Å². The summed E-state index contributed by atoms with van der Waals surface area (Å²) in [4.78, 5) is 33.5. The molecule has 4 aromatic rings. The maximum absolute atomic E-state index is 13.1. The molecule has 0 atom stereocenters. The normalized spacial score (nSPS) is 15.4. The molecule has 0 saturated carbocycles. The number of amides is 2. The van der Waals surface area contributed by atoms with Crippen LogP contribution in [-0.2, 0) is 6.54 Å². The highest BCUT2D eigenvalue weighted by Gasteiger charge is 2.31. The van der Waals surface area contributed by atoms with E-state index < -0.39 is 5.91 Å². The molecule has 1 aliphatic rings. The van der Waals surface area contributed by atoms with Crippen molar-refractivity contribution in [3.63, 3.8) is 0 Å². The van der Waals surface area contributed by atoms with E-state index in [1.807, 2.05) is 19.2 Å². The summed E-state index contributed by atoms with van der Waals surface area (Å²) >= 11 is 1.37. The van der Waals surface area contributed by atoms with Gasteiger partial charge < -0.3 is 16.2 Å². The molecule has 0 spiro atoms. The number of aromatic nitrogens is 5. The lowest BCUT2D eigenvalue weighted by Gasteiger charge is -2.31. The molecule has 4 N–H and O–H groups in total. The van der Waals surface area contributed by atoms with Gasteiger partial charge in [0.2, 0.25) is 0 Å². The SMILES string of the molecule is Cc1ncc(C(=O)NCCN2CCCC2(C)C)cc1-c1c(-c2cnn(CCO)c2)sc2c(C(N)=O)cnn12. The Hall–Kier alpha value is -3.61. The highest BCUT2D eigenvalue weighted by molar-refractivity contribution is 7.21. The quantitative estimate of drug-likeness (QED) is 0.298. The van der Waals surface area contributed by atoms with Crippen molar-refractivity contribution in [1.29, 1.82) is 0 Å². The van der Waals surface area contributed by atoms with Crippen LogP contribution in [0.25, 0.3) is 26.5 Å². The molecule has 5 rings (SSSR count). The first-order chi connectivity index (χ1) is 18.2. The number of thiazole rings is 1. The van der Waals surface area contributed by atoms with Crippen LogP contribution in [0, 0.1) is 6.92 Å². The van der Waals surface area contributed by atoms with E-state index in [1.165, 1.54) is 24.0 Å². The number of carbonyl (C=O) groups excluding carboxylic acids is 2. The second kappa shape index (κ2) is 10.3. The number of fused-ring (bicyclic) bond motifs is 1. The van der Waals surface area contributed by atoms with Crippen LogP contribution in [0.4, 0.5) is 0 Å². The molecule has 4 aromatic heterocycles. The van der Waals surface area contributed by atoms with Gasteiger partial charge in [-0.1, -0.05) is 0 Å². The first-order valence-electron chi connectivity index (χ1n) is 12.6. The topological polar surface area (TPSA) is 144 Å². The van der Waals surface area contributed by atoms with Crippen LogP contribution < -0.4 is 11.1 Å². The summed E-state index contributed by atoms with van der Waals surface area (Å²) in [6.45, 7) is 9.05. The zero-order valence-corrected chi connectivity index (χ0v) is 22.6. The van der Waals surface area contributed by atoms with E-state index in [0.29, 0.717) is 46.0 Å². The lowest BCUT2D eigenvalue weighted by molar-refractivity contribution is 0.0939. The van der Waals surface area contributed by atoms with Crippen molar-refractivity contribution < 1.29 is 14.7 Å². The van der Waals surface area contributed by atoms with Crippen molar-refractivity contribution in [3.05, 3.63) is 47.7 Å². The van der Waals surface area contributed by atoms with Crippen molar-refractivity contribution in [2.45, 2.75) is 45.7 Å². The predicted octanol–water partition coefficient (Wildman–Crippen LogP) is 2.33. The second-order valence-electron chi connectivity index (χ2n) is 10.2. The Morgan fingerprint density at radius 1 is 1.21 bits per heavy atom. The number of nitrogens with one attached hydrogen (secondary N) is 1. The monoisotopic (exact) mass is 536 g/mol. The molecule has 1 aliphatic heterocycles. The van der Waals surface area contributed by atoms with Crippen LogP contribution in [-0.4, -0.2) is 78.0 Å². The van der Waals surface area contributed by atoms with E-state index in [0.717, 1.165) is 30.0 Å². The maximum Gasteiger partial charge on any atom is 0.253 e. The molecule has 0 aromatic carbocycles. The third-order valence-electron chi connectivity index (χ3n) is 7.18. The minimum absolute atomic E-state index is 0.0387. The van der Waals surface area contributed by atoms with E-state index in [1.54, 1.807) is 21.6 Å². The van der Waals surface area contributed by atoms with Crippen LogP contribution in [0.1, 0.15) is 53.1 Å². The van der Waals surface area contributed by atoms with Crippen molar-refractivity contribution in [2.24, 2.45) is 5.73 Å². The fraction of sp³-hybridized carbons (Fsp3) is 0.423. The fourth-order valence-corrected chi connectivity index (χ4v) is 6.22. The smallest absolute Gasteiger partial charge is 0.253 e. The zero-order valence-electron chi connectivity index (χ0n) is 21.8. The average molecular weight is 537 g/mol. The zero-order chi connectivity index (χ0) is 27.0. The summed E-state index contributed by atoms with van der Waals surface area (Å²) in [7, 11) is 0. The number of pyridine rings is 1. The van der Waals surface area contributed by atoms with Crippen molar-refractivity contribution in [2.75, 3.05) is 26.2 Å². The molecule has 0 radical (unpaired) electrons. The number of likely N-dealkylation sites (tertiary alicyclic amines) is 1. The molecular formula is C26H32N8O3S. The lowest BCUT2D eigenvalue weighted by atomic mass is 10.0. The summed E-state index contributed by atoms with van der Waals surface area (Å²) in [5.41, 5.74) is 9.43. The Bertz CT molecular complexity index is 1500. The van der Waals surface area contributed by atoms with Crippen LogP contribution >= 0.6 is 11.3 Å². The first-order valence-corrected chi connectivity index (χ1v) is 13.5. The standard InChI is InChI=1S/C26H32N8O3S/c1-16-19(11-17(12-29-16)24(37)28-6-8-32-7-4-5-26(32,2)3)21-22(18-13-30-33(15-18)9-10-35)38-25-20(23(27)36)14-31-34(21)25/h11-15,35H,4-10H2,1-3H3,(H2,27,36)(H,28,37). The molecule has 2 amide bonds. The lowest BCUT2D eigenvalue weighted by Crippen LogP contribution is -2.43. The molecular weight excluding hydrogens is 504 g/mol. The van der Waals surface area contributed by atoms with Crippen LogP contribution in [0.3, 0.4) is 0 Å². The van der Waals surface area contributed by atoms with Gasteiger partial charge in [-0.05, 0) is 46.2 Å². The van der Waals surface area contributed by atoms with Crippen LogP contribution in [0.2, 0.25) is 0 Å². The van der Waals surface area contributed by atoms with Gasteiger partial charge in [0.25, 0.3) is 11.8 Å². The third-order valence-corrected chi connectivity index (χ3v) is 8.40. The summed E-state index contributed by atoms with van der Waals surface area (Å²) in [6, 6.07) is 1.81. The van der Waals surface area contributed by atoms with Crippen molar-refractivity contribution in [3.8, 4) is 21.7 Å². The number of aryl methyl sites for hydroxylation is 1. The molecule has 38 heavy (non-hydrogen) atoms. The third kappa shape index (κ3) is 4.82. The van der Waals surface area contributed by atoms with Gasteiger partial charge in [-0.25, -0.2) is 4.52 Å². The Kier molecular flexibility index (Phi) is 7.03. The van der Waals surface area contributed by atoms with Crippen LogP contribution in [0.15, 0.2) is 30.9 Å². The van der Waals surface area contributed by atoms with E-state index in [9.17, 15) is 14.7 Å². The van der Waals surface area contributed by atoms with Gasteiger partial charge in [0.15, 0.2) is 0 Å². The minimum atomic E-state index is -0.570. The molecule has 1 fully saturated rings. The highest BCUT2D eigenvalue weighted by atomic mass is 32.1. The second-order valence-corrected chi connectivity index (χ2v) is 11.1. The molecule has 0 bridgehead atoms. The number of aliphatic hydroxyl groups excluding tert-OH is 1. The number of nitrogens with two attached hydrogens (primary N) is 1. The Balaban J connectivity index is 1.50. The number of hydrogen-bond acceptors (Lipinski definition) is 8. The molecule has 0 aliphatic carbocycles. The Morgan fingerprint density at radius 2 is 2.03 bits per heavy atom. The Morgan fingerprint density at radius 3 is 2.74 bits per heavy atom. The van der Waals surface area contributed by atoms with E-state index in [2.05, 4.69) is 39.2 Å². The predicted molar refractivity (Wildman–Crippen MR) is 145 cm³/mol. The van der Waals surface area contributed by atoms with Gasteiger partial charge in [0, 0.05) is 47.8 Å². The number of carbonyl (C=O) groups is 2. The number of hydrogen-bond donors (Lipinski definition) is 3. The van der Waals surface area contributed by atoms with Gasteiger partial charge in [0.1, 0.15) is 4.83 Å². The van der Waals surface area contributed by atoms with Gasteiger partial charge in [0.05, 0.1) is 47.2 Å². The molecule has 200 valence electrons. The summed E-state index contributed by atoms with van der Waals surface area (Å²) in [5.74, 6) is -0.766. The van der Waals surface area contributed by atoms with E-state index >= 15 is 0 Å². The molecule has 11 nitrogen and oxygen atoms in total. The van der Waals surface area contributed by atoms with Gasteiger partial charge in [-0.3, -0.25) is 24.2 Å². The number of rotatable bonds is 9. The summed E-state index contributed by atoms with van der Waals surface area (Å²) < 4.78 is 3.32. The van der Waals surface area contributed by atoms with Crippen LogP contribution in [0.5, 0.6) is 0 Å². The summed E-state index contributed by atoms with van der Waals surface area (Å²) in [5, 5.41) is 21.1. The van der Waals surface area contributed by atoms with E-state index in [-0.39, 0.29) is 18.1 Å². The molecule has 0 unspecified atom stereocenters. The van der Waals surface area contributed by atoms with Gasteiger partial charge in [-0.15, -0.1) is 11.3 Å². The minimum Gasteiger partial charge on any atom is -0.394 e. The number of nitrogens with zero attached hydrogens (tertiary/aromatic N) is 6. The Labute approximate surface area is 224 Å². The first kappa shape index (κ1) is 26.0. The van der Waals surface area contributed by atoms with Gasteiger partial charge >= 0.3 is 0 Å². The largest absolute Gasteiger partial charge is 0.394 e. The highest BCUT2D eigenvalue weighted by Crippen LogP contribution is 2.41. The number of aliphatic hydroxyl groups is 1. The maximum atomic E-state index is 13.1. The number of primary amides is 1. The van der Waals surface area contributed by atoms with Crippen molar-refractivity contribution >= 4 is 28.0 Å².